The van der Waals surface area contributed by atoms with Gasteiger partial charge in [-0.25, -0.2) is 4.57 Å². The fourth-order valence-electron chi connectivity index (χ4n) is 5.57. The maximum absolute atomic E-state index is 5.23. The van der Waals surface area contributed by atoms with Gasteiger partial charge in [-0.2, -0.15) is 0 Å². The first kappa shape index (κ1) is 18.5. The van der Waals surface area contributed by atoms with Crippen molar-refractivity contribution < 1.29 is 4.57 Å². The van der Waals surface area contributed by atoms with Gasteiger partial charge in [0.25, 0.3) is 0 Å². The lowest BCUT2D eigenvalue weighted by Gasteiger charge is -2.12. The smallest absolute Gasteiger partial charge is 0.216 e. The molecule has 0 radical (unpaired) electrons. The molecule has 0 aliphatic heterocycles. The molecule has 2 aliphatic rings. The Morgan fingerprint density at radius 2 is 1.58 bits per heavy atom. The Kier molecular flexibility index (Phi) is 3.80. The van der Waals surface area contributed by atoms with Crippen molar-refractivity contribution in [3.8, 4) is 33.6 Å². The second-order valence-corrected chi connectivity index (χ2v) is 9.43. The predicted molar refractivity (Wildman–Crippen MR) is 126 cm³/mol. The summed E-state index contributed by atoms with van der Waals surface area (Å²) < 4.78 is 2.29. The third kappa shape index (κ3) is 2.64. The summed E-state index contributed by atoms with van der Waals surface area (Å²) >= 11 is 0. The van der Waals surface area contributed by atoms with E-state index in [-0.39, 0.29) is 0 Å². The molecule has 0 spiro atoms. The molecule has 0 N–H and O–H groups in total. The Hall–Kier alpha value is -3.26. The van der Waals surface area contributed by atoms with Gasteiger partial charge in [0.15, 0.2) is 6.20 Å². The lowest BCUT2D eigenvalue weighted by atomic mass is 9.93. The highest BCUT2D eigenvalue weighted by Crippen LogP contribution is 2.45. The first-order valence-electron chi connectivity index (χ1n) is 11.1. The Morgan fingerprint density at radius 1 is 0.742 bits per heavy atom. The van der Waals surface area contributed by atoms with Gasteiger partial charge in [-0.05, 0) is 67.6 Å². The number of fused-ring (bicyclic) bond motifs is 6. The van der Waals surface area contributed by atoms with Gasteiger partial charge in [0, 0.05) is 41.2 Å². The normalized spacial score (nSPS) is 13.1. The van der Waals surface area contributed by atoms with Crippen LogP contribution >= 0.6 is 0 Å². The molecule has 0 bridgehead atoms. The van der Waals surface area contributed by atoms with Crippen molar-refractivity contribution in [3.05, 3.63) is 93.3 Å². The molecule has 2 aromatic heterocycles. The topological polar surface area (TPSA) is 16.8 Å². The van der Waals surface area contributed by atoms with Gasteiger partial charge in [-0.3, -0.25) is 4.98 Å². The van der Waals surface area contributed by atoms with Gasteiger partial charge in [0.1, 0.15) is 7.05 Å². The van der Waals surface area contributed by atoms with Crippen LogP contribution in [0.3, 0.4) is 0 Å². The van der Waals surface area contributed by atoms with Crippen LogP contribution in [0, 0.1) is 27.7 Å². The van der Waals surface area contributed by atoms with Crippen LogP contribution in [-0.4, -0.2) is 4.98 Å². The molecule has 0 saturated carbocycles. The predicted octanol–water partition coefficient (Wildman–Crippen LogP) is 5.95. The number of hydrogen-bond donors (Lipinski definition) is 0. The Labute approximate surface area is 184 Å². The molecule has 2 heteroatoms. The molecule has 2 nitrogen and oxygen atoms in total. The van der Waals surface area contributed by atoms with E-state index in [4.69, 9.17) is 4.98 Å². The maximum atomic E-state index is 5.23. The number of hydrogen-bond acceptors (Lipinski definition) is 1. The van der Waals surface area contributed by atoms with Crippen LogP contribution in [0.4, 0.5) is 0 Å². The Balaban J connectivity index is 1.54. The number of aryl methyl sites for hydroxylation is 4. The van der Waals surface area contributed by atoms with Crippen LogP contribution in [0.5, 0.6) is 0 Å². The van der Waals surface area contributed by atoms with Crippen molar-refractivity contribution in [2.45, 2.75) is 40.5 Å². The number of nitrogens with zero attached hydrogens (tertiary/aromatic N) is 2. The minimum atomic E-state index is 0.898. The molecule has 0 unspecified atom stereocenters. The molecule has 0 atom stereocenters. The molecule has 4 aromatic rings. The summed E-state index contributed by atoms with van der Waals surface area (Å²) in [5.41, 5.74) is 18.6. The van der Waals surface area contributed by atoms with Gasteiger partial charge < -0.3 is 0 Å². The summed E-state index contributed by atoms with van der Waals surface area (Å²) in [5, 5.41) is 0. The maximum Gasteiger partial charge on any atom is 0.216 e. The van der Waals surface area contributed by atoms with E-state index in [0.717, 1.165) is 12.8 Å². The first-order chi connectivity index (χ1) is 14.9. The van der Waals surface area contributed by atoms with Crippen molar-refractivity contribution >= 4 is 0 Å². The molecule has 152 valence electrons. The Bertz CT molecular complexity index is 1430. The van der Waals surface area contributed by atoms with E-state index >= 15 is 0 Å². The molecule has 2 aromatic carbocycles. The van der Waals surface area contributed by atoms with Gasteiger partial charge >= 0.3 is 0 Å². The zero-order chi connectivity index (χ0) is 21.4. The van der Waals surface area contributed by atoms with Gasteiger partial charge in [0.05, 0.1) is 11.4 Å². The van der Waals surface area contributed by atoms with E-state index < -0.39 is 0 Å². The van der Waals surface area contributed by atoms with E-state index in [0.29, 0.717) is 0 Å². The zero-order valence-corrected chi connectivity index (χ0v) is 18.9. The van der Waals surface area contributed by atoms with Crippen molar-refractivity contribution in [3.63, 3.8) is 0 Å². The van der Waals surface area contributed by atoms with Crippen LogP contribution in [0.2, 0.25) is 0 Å². The van der Waals surface area contributed by atoms with E-state index in [1.54, 1.807) is 0 Å². The van der Waals surface area contributed by atoms with Crippen molar-refractivity contribution in [2.75, 3.05) is 0 Å². The van der Waals surface area contributed by atoms with Crippen molar-refractivity contribution in [1.29, 1.82) is 0 Å². The van der Waals surface area contributed by atoms with Gasteiger partial charge in [-0.15, -0.1) is 0 Å². The summed E-state index contributed by atoms with van der Waals surface area (Å²) in [6.45, 7) is 8.83. The van der Waals surface area contributed by atoms with Crippen LogP contribution in [0.15, 0.2) is 48.7 Å². The highest BCUT2D eigenvalue weighted by molar-refractivity contribution is 5.85. The van der Waals surface area contributed by atoms with Crippen molar-refractivity contribution in [1.82, 2.24) is 4.98 Å². The summed E-state index contributed by atoms with van der Waals surface area (Å²) in [4.78, 5) is 5.23. The third-order valence-electron chi connectivity index (χ3n) is 7.21. The minimum absolute atomic E-state index is 0.898. The fourth-order valence-corrected chi connectivity index (χ4v) is 5.57. The molecule has 31 heavy (non-hydrogen) atoms. The molecule has 0 saturated heterocycles. The lowest BCUT2D eigenvalue weighted by Crippen LogP contribution is -2.32. The van der Waals surface area contributed by atoms with Gasteiger partial charge in [0.2, 0.25) is 5.69 Å². The van der Waals surface area contributed by atoms with E-state index in [9.17, 15) is 0 Å². The lowest BCUT2D eigenvalue weighted by molar-refractivity contribution is -0.660. The van der Waals surface area contributed by atoms with E-state index in [2.05, 4.69) is 88.0 Å². The Morgan fingerprint density at radius 3 is 2.42 bits per heavy atom. The van der Waals surface area contributed by atoms with Crippen molar-refractivity contribution in [2.24, 2.45) is 7.05 Å². The molecular formula is C29H27N2+. The average Bonchev–Trinajstić information content (AvgIpc) is 3.25. The van der Waals surface area contributed by atoms with Crippen LogP contribution in [0.1, 0.15) is 44.6 Å². The quantitative estimate of drug-likeness (QED) is 0.310. The second kappa shape index (κ2) is 6.37. The summed E-state index contributed by atoms with van der Waals surface area (Å²) in [6, 6.07) is 16.1. The number of aromatic nitrogens is 2. The first-order valence-corrected chi connectivity index (χ1v) is 11.1. The zero-order valence-electron chi connectivity index (χ0n) is 18.9. The standard InChI is InChI=1S/C29H27N2/c1-16-6-7-22-20(11-16)13-21-14-25-23-8-9-31(5)29(26(23)15-27(25)30-28(21)22)24-12-17(2)10-18(3)19(24)4/h6-12,14H,13,15H2,1-5H3/q+1. The number of rotatable bonds is 1. The van der Waals surface area contributed by atoms with Crippen LogP contribution < -0.4 is 4.57 Å². The molecule has 2 aliphatic carbocycles. The molecule has 6 rings (SSSR count). The van der Waals surface area contributed by atoms with E-state index in [1.165, 1.54) is 78.3 Å². The second-order valence-electron chi connectivity index (χ2n) is 9.43. The highest BCUT2D eigenvalue weighted by Gasteiger charge is 2.32. The summed E-state index contributed by atoms with van der Waals surface area (Å²) in [7, 11) is 2.17. The summed E-state index contributed by atoms with van der Waals surface area (Å²) in [5.74, 6) is 0. The summed E-state index contributed by atoms with van der Waals surface area (Å²) in [6.07, 6.45) is 4.10. The number of pyridine rings is 2. The molecule has 2 heterocycles. The van der Waals surface area contributed by atoms with Crippen LogP contribution in [-0.2, 0) is 19.9 Å². The van der Waals surface area contributed by atoms with E-state index in [1.807, 2.05) is 0 Å². The largest absolute Gasteiger partial charge is 0.252 e. The average molecular weight is 404 g/mol. The number of benzene rings is 2. The molecular weight excluding hydrogens is 376 g/mol. The van der Waals surface area contributed by atoms with Gasteiger partial charge in [-0.1, -0.05) is 35.4 Å². The van der Waals surface area contributed by atoms with Crippen LogP contribution in [0.25, 0.3) is 33.6 Å². The fraction of sp³-hybridized carbons (Fsp3) is 0.241. The molecule has 0 fully saturated rings. The third-order valence-corrected chi connectivity index (χ3v) is 7.21. The minimum Gasteiger partial charge on any atom is -0.252 e. The monoisotopic (exact) mass is 403 g/mol. The molecule has 0 amide bonds. The highest BCUT2D eigenvalue weighted by atomic mass is 14.9. The SMILES string of the molecule is Cc1ccc2c(c1)Cc1cc3c(nc1-2)Cc1c-3cc[n+](C)c1-c1cc(C)cc(C)c1C.